The van der Waals surface area contributed by atoms with Crippen LogP contribution in [0.1, 0.15) is 49.2 Å². The number of nitrogens with two attached hydrogens (primary N) is 2. The van der Waals surface area contributed by atoms with Crippen LogP contribution in [0.5, 0.6) is 0 Å². The molecule has 21 heavy (non-hydrogen) atoms. The van der Waals surface area contributed by atoms with Gasteiger partial charge in [-0.3, -0.25) is 4.79 Å². The molecule has 1 amide bonds. The Kier molecular flexibility index (Phi) is 5.41. The molecule has 2 heterocycles. The highest BCUT2D eigenvalue weighted by molar-refractivity contribution is 7.18. The molecule has 1 saturated heterocycles. The lowest BCUT2D eigenvalue weighted by molar-refractivity contribution is 0.0943. The molecule has 1 aliphatic rings. The number of aromatic nitrogens is 1. The first kappa shape index (κ1) is 16.0. The highest BCUT2D eigenvalue weighted by Gasteiger charge is 2.25. The molecule has 2 rings (SSSR count). The van der Waals surface area contributed by atoms with Crippen LogP contribution in [0, 0.1) is 0 Å². The number of carbonyl (C=O) groups is 1. The van der Waals surface area contributed by atoms with Gasteiger partial charge in [0.25, 0.3) is 5.91 Å². The summed E-state index contributed by atoms with van der Waals surface area (Å²) in [6, 6.07) is 0.337. The van der Waals surface area contributed by atoms with Gasteiger partial charge < -0.3 is 21.7 Å². The van der Waals surface area contributed by atoms with E-state index in [0.717, 1.165) is 43.9 Å². The van der Waals surface area contributed by atoms with Crippen LogP contribution in [0.2, 0.25) is 0 Å². The molecule has 0 radical (unpaired) electrons. The van der Waals surface area contributed by atoms with Crippen LogP contribution in [-0.2, 0) is 0 Å². The quantitative estimate of drug-likeness (QED) is 0.741. The summed E-state index contributed by atoms with van der Waals surface area (Å²) in [5.74, 6) is 0.194. The zero-order valence-electron chi connectivity index (χ0n) is 12.8. The minimum Gasteiger partial charge on any atom is -0.382 e. The van der Waals surface area contributed by atoms with Gasteiger partial charge in [0.05, 0.1) is 0 Å². The van der Waals surface area contributed by atoms with E-state index in [-0.39, 0.29) is 18.0 Å². The molecule has 1 fully saturated rings. The van der Waals surface area contributed by atoms with Gasteiger partial charge >= 0.3 is 0 Å². The second-order valence-corrected chi connectivity index (χ2v) is 6.70. The van der Waals surface area contributed by atoms with Crippen LogP contribution in [0.15, 0.2) is 0 Å². The van der Waals surface area contributed by atoms with Crippen molar-refractivity contribution >= 4 is 28.2 Å². The van der Waals surface area contributed by atoms with Gasteiger partial charge in [-0.05, 0) is 19.8 Å². The van der Waals surface area contributed by atoms with Gasteiger partial charge in [-0.25, -0.2) is 4.98 Å². The van der Waals surface area contributed by atoms with E-state index in [0.29, 0.717) is 10.7 Å². The van der Waals surface area contributed by atoms with E-state index >= 15 is 0 Å². The summed E-state index contributed by atoms with van der Waals surface area (Å²) in [6.45, 7) is 5.82. The highest BCUT2D eigenvalue weighted by atomic mass is 32.1. The molecule has 0 aromatic carbocycles. The molecule has 6 nitrogen and oxygen atoms in total. The zero-order chi connectivity index (χ0) is 15.4. The maximum atomic E-state index is 12.3. The predicted octanol–water partition coefficient (Wildman–Crippen LogP) is 1.57. The zero-order valence-corrected chi connectivity index (χ0v) is 13.6. The van der Waals surface area contributed by atoms with Gasteiger partial charge in [0, 0.05) is 25.2 Å². The molecule has 2 atom stereocenters. The van der Waals surface area contributed by atoms with Crippen LogP contribution in [0.25, 0.3) is 0 Å². The molecule has 5 N–H and O–H groups in total. The number of nitrogens with one attached hydrogen (secondary N) is 1. The first-order valence-corrected chi connectivity index (χ1v) is 8.40. The summed E-state index contributed by atoms with van der Waals surface area (Å²) in [5.41, 5.74) is 11.8. The number of thiazole rings is 1. The third-order valence-corrected chi connectivity index (χ3v) is 4.84. The van der Waals surface area contributed by atoms with Crippen molar-refractivity contribution in [1.82, 2.24) is 10.3 Å². The van der Waals surface area contributed by atoms with Crippen molar-refractivity contribution in [3.63, 3.8) is 0 Å². The van der Waals surface area contributed by atoms with E-state index in [1.807, 2.05) is 6.92 Å². The number of nitrogens with zero attached hydrogens (tertiary/aromatic N) is 2. The number of nitrogen functional groups attached to an aromatic ring is 1. The normalized spacial score (nSPS) is 19.8. The van der Waals surface area contributed by atoms with Gasteiger partial charge in [0.15, 0.2) is 5.13 Å². The molecule has 1 aromatic heterocycles. The molecular weight excluding hydrogens is 286 g/mol. The van der Waals surface area contributed by atoms with Gasteiger partial charge in [-0.1, -0.05) is 31.1 Å². The number of anilines is 2. The monoisotopic (exact) mass is 311 g/mol. The van der Waals surface area contributed by atoms with E-state index in [4.69, 9.17) is 11.5 Å². The lowest BCUT2D eigenvalue weighted by atomic mass is 10.1. The van der Waals surface area contributed by atoms with Gasteiger partial charge in [0.2, 0.25) is 0 Å². The molecule has 118 valence electrons. The lowest BCUT2D eigenvalue weighted by Gasteiger charge is -2.13. The fraction of sp³-hybridized carbons (Fsp3) is 0.714. The van der Waals surface area contributed by atoms with E-state index < -0.39 is 0 Å². The van der Waals surface area contributed by atoms with Crippen molar-refractivity contribution in [2.24, 2.45) is 5.73 Å². The van der Waals surface area contributed by atoms with Gasteiger partial charge in [-0.15, -0.1) is 0 Å². The van der Waals surface area contributed by atoms with Crippen molar-refractivity contribution in [2.45, 2.75) is 51.6 Å². The lowest BCUT2D eigenvalue weighted by Crippen LogP contribution is -2.32. The molecule has 0 bridgehead atoms. The number of rotatable bonds is 6. The minimum atomic E-state index is -0.122. The average molecular weight is 311 g/mol. The molecule has 0 saturated carbocycles. The molecule has 0 spiro atoms. The molecule has 7 heteroatoms. The van der Waals surface area contributed by atoms with E-state index in [1.54, 1.807) is 0 Å². The molecule has 1 aliphatic heterocycles. The summed E-state index contributed by atoms with van der Waals surface area (Å²) in [4.78, 5) is 19.2. The molecular formula is C14H25N5OS. The average Bonchev–Trinajstić information content (AvgIpc) is 3.02. The topological polar surface area (TPSA) is 97.3 Å². The first-order chi connectivity index (χ1) is 10.0. The van der Waals surface area contributed by atoms with Crippen LogP contribution in [0.3, 0.4) is 0 Å². The Hall–Kier alpha value is -1.34. The van der Waals surface area contributed by atoms with Crippen molar-refractivity contribution in [3.8, 4) is 0 Å². The molecule has 0 aliphatic carbocycles. The van der Waals surface area contributed by atoms with Crippen molar-refractivity contribution in [1.29, 1.82) is 0 Å². The Labute approximate surface area is 129 Å². The fourth-order valence-corrected chi connectivity index (χ4v) is 3.37. The van der Waals surface area contributed by atoms with Crippen molar-refractivity contribution in [3.05, 3.63) is 4.88 Å². The van der Waals surface area contributed by atoms with Crippen LogP contribution in [-0.4, -0.2) is 36.1 Å². The van der Waals surface area contributed by atoms with Crippen molar-refractivity contribution < 1.29 is 4.79 Å². The Morgan fingerprint density at radius 1 is 1.62 bits per heavy atom. The number of hydrogen-bond acceptors (Lipinski definition) is 6. The second-order valence-electron chi connectivity index (χ2n) is 5.72. The van der Waals surface area contributed by atoms with E-state index in [9.17, 15) is 4.79 Å². The maximum absolute atomic E-state index is 12.3. The summed E-state index contributed by atoms with van der Waals surface area (Å²) in [7, 11) is 0. The third kappa shape index (κ3) is 4.07. The molecule has 1 aromatic rings. The first-order valence-electron chi connectivity index (χ1n) is 7.59. The maximum Gasteiger partial charge on any atom is 0.265 e. The summed E-state index contributed by atoms with van der Waals surface area (Å²) < 4.78 is 0. The third-order valence-electron chi connectivity index (χ3n) is 3.71. The number of unbranched alkanes of at least 4 members (excludes halogenated alkanes) is 1. The Balaban J connectivity index is 1.99. The van der Waals surface area contributed by atoms with Crippen LogP contribution in [0.4, 0.5) is 10.9 Å². The van der Waals surface area contributed by atoms with Crippen LogP contribution < -0.4 is 21.7 Å². The van der Waals surface area contributed by atoms with Crippen molar-refractivity contribution in [2.75, 3.05) is 23.7 Å². The Morgan fingerprint density at radius 2 is 2.38 bits per heavy atom. The number of amides is 1. The highest BCUT2D eigenvalue weighted by Crippen LogP contribution is 2.30. The smallest absolute Gasteiger partial charge is 0.265 e. The van der Waals surface area contributed by atoms with Crippen LogP contribution >= 0.6 is 11.3 Å². The van der Waals surface area contributed by atoms with Gasteiger partial charge in [0.1, 0.15) is 10.7 Å². The largest absolute Gasteiger partial charge is 0.382 e. The van der Waals surface area contributed by atoms with E-state index in [2.05, 4.69) is 22.1 Å². The summed E-state index contributed by atoms with van der Waals surface area (Å²) >= 11 is 1.35. The summed E-state index contributed by atoms with van der Waals surface area (Å²) in [5, 5.41) is 3.79. The van der Waals surface area contributed by atoms with Gasteiger partial charge in [-0.2, -0.15) is 0 Å². The van der Waals surface area contributed by atoms with E-state index in [1.165, 1.54) is 11.3 Å². The summed E-state index contributed by atoms with van der Waals surface area (Å²) in [6.07, 6.45) is 4.17. The minimum absolute atomic E-state index is 0.122. The Morgan fingerprint density at radius 3 is 3.00 bits per heavy atom. The fourth-order valence-electron chi connectivity index (χ4n) is 2.45. The SMILES string of the molecule is CCCCC(C)NC(=O)c1sc(N2CCC(N)C2)nc1N. The Bertz CT molecular complexity index is 490. The standard InChI is InChI=1S/C14H25N5OS/c1-3-4-5-9(2)17-13(20)11-12(16)18-14(21-11)19-7-6-10(15)8-19/h9-10H,3-8,15-16H2,1-2H3,(H,17,20). The number of hydrogen-bond donors (Lipinski definition) is 3. The second kappa shape index (κ2) is 7.09. The predicted molar refractivity (Wildman–Crippen MR) is 87.8 cm³/mol. The molecule has 2 unspecified atom stereocenters. The number of carbonyl (C=O) groups excluding carboxylic acids is 1.